The van der Waals surface area contributed by atoms with Crippen molar-refractivity contribution in [3.63, 3.8) is 0 Å². The standard InChI is InChI=1S/C33H44N4O6S/c1-3-17-37(31(38)21-25-11-13-29(14-12-25)44(41,42)34-2)28-15-18-35(19-16-28)22-27-23-36(32(39)30-10-7-20-43-30)24-33(27,40)26-8-5-4-6-9-26/h3-6,8-9,11-14,27-28,30,34,40H,1,7,10,15-24H2,2H3/t27-,30+,33-/m0/s1. The Balaban J connectivity index is 1.22. The quantitative estimate of drug-likeness (QED) is 0.368. The molecule has 10 nitrogen and oxygen atoms in total. The van der Waals surface area contributed by atoms with E-state index in [1.165, 1.54) is 19.2 Å². The summed E-state index contributed by atoms with van der Waals surface area (Å²) in [6.07, 6.45) is 4.67. The molecule has 238 valence electrons. The maximum absolute atomic E-state index is 13.4. The SMILES string of the molecule is C=CCN(C(=O)Cc1ccc(S(=O)(=O)NC)cc1)C1CCN(C[C@H]2CN(C(=O)[C@H]3CCCO3)C[C@]2(O)c2ccccc2)CC1. The Bertz CT molecular complexity index is 1410. The molecule has 3 saturated heterocycles. The number of hydrogen-bond acceptors (Lipinski definition) is 7. The Labute approximate surface area is 260 Å². The van der Waals surface area contributed by atoms with E-state index in [1.807, 2.05) is 35.2 Å². The van der Waals surface area contributed by atoms with Crippen LogP contribution in [0.2, 0.25) is 0 Å². The topological polar surface area (TPSA) is 119 Å². The number of β-amino-alcohol motifs (C(OH)–C–C–N with tert-alkyl or cyclic N) is 1. The van der Waals surface area contributed by atoms with Crippen molar-refractivity contribution in [1.82, 2.24) is 19.4 Å². The molecule has 3 atom stereocenters. The van der Waals surface area contributed by atoms with E-state index in [9.17, 15) is 23.1 Å². The number of rotatable bonds is 11. The molecule has 3 aliphatic rings. The van der Waals surface area contributed by atoms with Crippen LogP contribution in [0.15, 0.2) is 72.1 Å². The number of nitrogens with zero attached hydrogens (tertiary/aromatic N) is 3. The predicted octanol–water partition coefficient (Wildman–Crippen LogP) is 2.14. The molecule has 0 unspecified atom stereocenters. The van der Waals surface area contributed by atoms with Crippen molar-refractivity contribution in [2.45, 2.75) is 54.7 Å². The molecule has 3 heterocycles. The number of benzene rings is 2. The Hall–Kier alpha value is -3.09. The third-order valence-corrected chi connectivity index (χ3v) is 10.7. The summed E-state index contributed by atoms with van der Waals surface area (Å²) in [7, 11) is -2.17. The molecule has 11 heteroatoms. The number of piperidine rings is 1. The van der Waals surface area contributed by atoms with E-state index in [0.29, 0.717) is 26.2 Å². The van der Waals surface area contributed by atoms with Crippen LogP contribution in [0.1, 0.15) is 36.8 Å². The lowest BCUT2D eigenvalue weighted by Crippen LogP contribution is -2.50. The summed E-state index contributed by atoms with van der Waals surface area (Å²) in [6, 6.07) is 16.1. The molecule has 44 heavy (non-hydrogen) atoms. The highest BCUT2D eigenvalue weighted by molar-refractivity contribution is 7.89. The van der Waals surface area contributed by atoms with E-state index < -0.39 is 21.7 Å². The van der Waals surface area contributed by atoms with Crippen LogP contribution >= 0.6 is 0 Å². The zero-order chi connectivity index (χ0) is 31.3. The first-order chi connectivity index (χ1) is 21.1. The molecular weight excluding hydrogens is 580 g/mol. The van der Waals surface area contributed by atoms with Crippen molar-refractivity contribution < 1.29 is 27.9 Å². The average molecular weight is 625 g/mol. The Morgan fingerprint density at radius 3 is 2.43 bits per heavy atom. The number of likely N-dealkylation sites (tertiary alicyclic amines) is 2. The molecule has 5 rings (SSSR count). The summed E-state index contributed by atoms with van der Waals surface area (Å²) in [5, 5.41) is 12.1. The molecule has 2 aromatic rings. The van der Waals surface area contributed by atoms with E-state index in [1.54, 1.807) is 23.1 Å². The Morgan fingerprint density at radius 2 is 1.82 bits per heavy atom. The van der Waals surface area contributed by atoms with Crippen molar-refractivity contribution in [2.75, 3.05) is 52.9 Å². The zero-order valence-electron chi connectivity index (χ0n) is 25.4. The normalized spacial score (nSPS) is 24.8. The van der Waals surface area contributed by atoms with Gasteiger partial charge < -0.3 is 24.5 Å². The largest absolute Gasteiger partial charge is 0.383 e. The first-order valence-corrected chi connectivity index (χ1v) is 17.0. The lowest BCUT2D eigenvalue weighted by molar-refractivity contribution is -0.140. The van der Waals surface area contributed by atoms with Gasteiger partial charge in [-0.3, -0.25) is 9.59 Å². The maximum atomic E-state index is 13.4. The van der Waals surface area contributed by atoms with Gasteiger partial charge in [0.05, 0.1) is 17.9 Å². The number of carbonyl (C=O) groups is 2. The first kappa shape index (κ1) is 32.3. The molecule has 0 radical (unpaired) electrons. The third kappa shape index (κ3) is 7.07. The monoisotopic (exact) mass is 624 g/mol. The molecule has 0 saturated carbocycles. The van der Waals surface area contributed by atoms with Crippen molar-refractivity contribution in [3.8, 4) is 0 Å². The third-order valence-electron chi connectivity index (χ3n) is 9.32. The molecule has 0 spiro atoms. The van der Waals surface area contributed by atoms with Crippen LogP contribution in [0, 0.1) is 5.92 Å². The minimum atomic E-state index is -3.54. The fraction of sp³-hybridized carbons (Fsp3) is 0.515. The van der Waals surface area contributed by atoms with Gasteiger partial charge in [0.15, 0.2) is 0 Å². The summed E-state index contributed by atoms with van der Waals surface area (Å²) < 4.78 is 32.1. The number of nitrogens with one attached hydrogen (secondary N) is 1. The molecule has 0 bridgehead atoms. The summed E-state index contributed by atoms with van der Waals surface area (Å²) >= 11 is 0. The molecule has 0 aromatic heterocycles. The lowest BCUT2D eigenvalue weighted by Gasteiger charge is -2.40. The molecule has 3 fully saturated rings. The van der Waals surface area contributed by atoms with Crippen molar-refractivity contribution in [1.29, 1.82) is 0 Å². The number of ether oxygens (including phenoxy) is 1. The van der Waals surface area contributed by atoms with Crippen LogP contribution in [0.25, 0.3) is 0 Å². The van der Waals surface area contributed by atoms with Gasteiger partial charge in [-0.15, -0.1) is 6.58 Å². The highest BCUT2D eigenvalue weighted by Crippen LogP contribution is 2.39. The van der Waals surface area contributed by atoms with Gasteiger partial charge in [0.1, 0.15) is 11.7 Å². The second kappa shape index (κ2) is 13.9. The fourth-order valence-corrected chi connectivity index (χ4v) is 7.54. The van der Waals surface area contributed by atoms with E-state index in [4.69, 9.17) is 4.74 Å². The van der Waals surface area contributed by atoms with Crippen molar-refractivity contribution in [3.05, 3.63) is 78.4 Å². The number of hydrogen-bond donors (Lipinski definition) is 2. The number of amides is 2. The van der Waals surface area contributed by atoms with Gasteiger partial charge in [-0.1, -0.05) is 48.5 Å². The number of carbonyl (C=O) groups excluding carboxylic acids is 2. The summed E-state index contributed by atoms with van der Waals surface area (Å²) in [4.78, 5) is 32.8. The van der Waals surface area contributed by atoms with Crippen LogP contribution in [0.3, 0.4) is 0 Å². The van der Waals surface area contributed by atoms with Crippen LogP contribution in [-0.2, 0) is 36.4 Å². The average Bonchev–Trinajstić information content (AvgIpc) is 3.70. The summed E-state index contributed by atoms with van der Waals surface area (Å²) in [5.74, 6) is -0.215. The van der Waals surface area contributed by atoms with E-state index in [2.05, 4.69) is 16.2 Å². The van der Waals surface area contributed by atoms with Crippen molar-refractivity contribution in [2.24, 2.45) is 5.92 Å². The van der Waals surface area contributed by atoms with Gasteiger partial charge in [-0.2, -0.15) is 0 Å². The Kier molecular flexibility index (Phi) is 10.2. The zero-order valence-corrected chi connectivity index (χ0v) is 26.3. The molecular formula is C33H44N4O6S. The molecule has 2 N–H and O–H groups in total. The van der Waals surface area contributed by atoms with Crippen LogP contribution in [0.4, 0.5) is 0 Å². The van der Waals surface area contributed by atoms with E-state index in [0.717, 1.165) is 49.9 Å². The fourth-order valence-electron chi connectivity index (χ4n) is 6.81. The van der Waals surface area contributed by atoms with Crippen LogP contribution < -0.4 is 4.72 Å². The highest BCUT2D eigenvalue weighted by Gasteiger charge is 2.49. The molecule has 2 amide bonds. The second-order valence-electron chi connectivity index (χ2n) is 12.1. The maximum Gasteiger partial charge on any atom is 0.251 e. The Morgan fingerprint density at radius 1 is 1.11 bits per heavy atom. The van der Waals surface area contributed by atoms with Gasteiger partial charge in [0, 0.05) is 51.3 Å². The van der Waals surface area contributed by atoms with E-state index in [-0.39, 0.29) is 41.6 Å². The summed E-state index contributed by atoms with van der Waals surface area (Å²) in [6.45, 7) is 7.80. The molecule has 3 aliphatic heterocycles. The van der Waals surface area contributed by atoms with Gasteiger partial charge in [-0.25, -0.2) is 13.1 Å². The molecule has 0 aliphatic carbocycles. The van der Waals surface area contributed by atoms with Gasteiger partial charge in [0.25, 0.3) is 5.91 Å². The second-order valence-corrected chi connectivity index (χ2v) is 14.0. The first-order valence-electron chi connectivity index (χ1n) is 15.5. The van der Waals surface area contributed by atoms with Gasteiger partial charge in [-0.05, 0) is 56.0 Å². The van der Waals surface area contributed by atoms with Gasteiger partial charge >= 0.3 is 0 Å². The number of sulfonamides is 1. The molecule has 2 aromatic carbocycles. The van der Waals surface area contributed by atoms with Crippen LogP contribution in [-0.4, -0.2) is 105 Å². The van der Waals surface area contributed by atoms with Crippen LogP contribution in [0.5, 0.6) is 0 Å². The lowest BCUT2D eigenvalue weighted by atomic mass is 9.83. The minimum Gasteiger partial charge on any atom is -0.383 e. The minimum absolute atomic E-state index is 0.0231. The van der Waals surface area contributed by atoms with Gasteiger partial charge in [0.2, 0.25) is 15.9 Å². The predicted molar refractivity (Wildman–Crippen MR) is 167 cm³/mol. The highest BCUT2D eigenvalue weighted by atomic mass is 32.2. The smallest absolute Gasteiger partial charge is 0.251 e. The van der Waals surface area contributed by atoms with Crippen molar-refractivity contribution >= 4 is 21.8 Å². The van der Waals surface area contributed by atoms with E-state index >= 15 is 0 Å². The number of aliphatic hydroxyl groups is 1. The summed E-state index contributed by atoms with van der Waals surface area (Å²) in [5.41, 5.74) is 0.418.